The van der Waals surface area contributed by atoms with Crippen molar-refractivity contribution in [3.8, 4) is 0 Å². The summed E-state index contributed by atoms with van der Waals surface area (Å²) >= 11 is 0. The van der Waals surface area contributed by atoms with Gasteiger partial charge in [-0.3, -0.25) is 5.10 Å². The lowest BCUT2D eigenvalue weighted by Gasteiger charge is -2.49. The summed E-state index contributed by atoms with van der Waals surface area (Å²) < 4.78 is 5.02. The number of carbonyl (C=O) groups is 1. The molecule has 16 heavy (non-hydrogen) atoms. The fourth-order valence-corrected chi connectivity index (χ4v) is 3.22. The summed E-state index contributed by atoms with van der Waals surface area (Å²) in [5.74, 6) is 0.238. The fourth-order valence-electron chi connectivity index (χ4n) is 3.22. The monoisotopic (exact) mass is 220 g/mol. The number of rotatable bonds is 2. The molecule has 1 fully saturated rings. The summed E-state index contributed by atoms with van der Waals surface area (Å²) in [6.07, 6.45) is 3.39. The number of carbonyl (C=O) groups excluding carboxylic acids is 1. The zero-order chi connectivity index (χ0) is 11.3. The smallest absolute Gasteiger partial charge is 0.359 e. The molecule has 4 rings (SSSR count). The zero-order valence-corrected chi connectivity index (χ0v) is 9.67. The number of ether oxygens (including phenoxy) is 1. The second kappa shape index (κ2) is 3.09. The standard InChI is InChI=1S/C12H16N2O2/c1-3-16-11(15)10-9-7-4-12(2,5-7)6-8(9)13-14-10/h7H,3-6H2,1-2H3,(H,13,14). The highest BCUT2D eigenvalue weighted by molar-refractivity contribution is 5.89. The molecule has 0 unspecified atom stereocenters. The molecule has 0 spiro atoms. The highest BCUT2D eigenvalue weighted by Crippen LogP contribution is 2.58. The van der Waals surface area contributed by atoms with Crippen molar-refractivity contribution in [3.05, 3.63) is 17.0 Å². The molecular weight excluding hydrogens is 204 g/mol. The Bertz CT molecular complexity index is 444. The molecule has 3 aliphatic carbocycles. The number of nitrogens with zero attached hydrogens (tertiary/aromatic N) is 1. The van der Waals surface area contributed by atoms with Gasteiger partial charge in [0.2, 0.25) is 0 Å². The lowest BCUT2D eigenvalue weighted by atomic mass is 9.54. The summed E-state index contributed by atoms with van der Waals surface area (Å²) in [5.41, 5.74) is 3.23. The number of nitrogens with one attached hydrogen (secondary N) is 1. The van der Waals surface area contributed by atoms with Crippen LogP contribution in [0.2, 0.25) is 0 Å². The van der Waals surface area contributed by atoms with Crippen molar-refractivity contribution in [2.75, 3.05) is 6.61 Å². The first kappa shape index (κ1) is 9.87. The first-order valence-electron chi connectivity index (χ1n) is 5.87. The van der Waals surface area contributed by atoms with E-state index in [1.54, 1.807) is 0 Å². The largest absolute Gasteiger partial charge is 0.461 e. The second-order valence-electron chi connectivity index (χ2n) is 5.28. The number of H-pyrrole nitrogens is 1. The molecule has 0 saturated heterocycles. The Kier molecular flexibility index (Phi) is 1.91. The van der Waals surface area contributed by atoms with Crippen LogP contribution in [0.1, 0.15) is 54.4 Å². The topological polar surface area (TPSA) is 55.0 Å². The molecule has 0 amide bonds. The molecule has 4 heteroatoms. The fraction of sp³-hybridized carbons (Fsp3) is 0.667. The van der Waals surface area contributed by atoms with Crippen LogP contribution in [0.15, 0.2) is 0 Å². The van der Waals surface area contributed by atoms with Crippen LogP contribution >= 0.6 is 0 Å². The molecular formula is C12H16N2O2. The van der Waals surface area contributed by atoms with E-state index in [1.807, 2.05) is 6.92 Å². The van der Waals surface area contributed by atoms with Gasteiger partial charge in [-0.25, -0.2) is 4.79 Å². The lowest BCUT2D eigenvalue weighted by Crippen LogP contribution is -2.40. The average Bonchev–Trinajstić information content (AvgIpc) is 2.59. The maximum absolute atomic E-state index is 11.7. The highest BCUT2D eigenvalue weighted by atomic mass is 16.5. The lowest BCUT2D eigenvalue weighted by molar-refractivity contribution is 0.0508. The van der Waals surface area contributed by atoms with Gasteiger partial charge in [0.1, 0.15) is 0 Å². The Balaban J connectivity index is 1.96. The van der Waals surface area contributed by atoms with Gasteiger partial charge in [-0.05, 0) is 37.5 Å². The molecule has 1 heterocycles. The van der Waals surface area contributed by atoms with Crippen molar-refractivity contribution in [2.24, 2.45) is 5.41 Å². The van der Waals surface area contributed by atoms with E-state index >= 15 is 0 Å². The van der Waals surface area contributed by atoms with E-state index in [0.29, 0.717) is 23.6 Å². The van der Waals surface area contributed by atoms with E-state index in [9.17, 15) is 4.79 Å². The Hall–Kier alpha value is -1.32. The van der Waals surface area contributed by atoms with Crippen molar-refractivity contribution in [2.45, 2.75) is 39.0 Å². The third-order valence-corrected chi connectivity index (χ3v) is 3.84. The summed E-state index contributed by atoms with van der Waals surface area (Å²) in [6, 6.07) is 0. The average molecular weight is 220 g/mol. The third kappa shape index (κ3) is 1.22. The van der Waals surface area contributed by atoms with Gasteiger partial charge >= 0.3 is 5.97 Å². The van der Waals surface area contributed by atoms with Crippen molar-refractivity contribution in [1.29, 1.82) is 0 Å². The Labute approximate surface area is 94.4 Å². The third-order valence-electron chi connectivity index (χ3n) is 3.84. The molecule has 2 bridgehead atoms. The van der Waals surface area contributed by atoms with Crippen LogP contribution in [0, 0.1) is 5.41 Å². The van der Waals surface area contributed by atoms with E-state index < -0.39 is 0 Å². The molecule has 3 aliphatic rings. The summed E-state index contributed by atoms with van der Waals surface area (Å²) in [5, 5.41) is 7.13. The van der Waals surface area contributed by atoms with E-state index in [-0.39, 0.29) is 5.97 Å². The highest BCUT2D eigenvalue weighted by Gasteiger charge is 2.49. The Morgan fingerprint density at radius 1 is 1.62 bits per heavy atom. The van der Waals surface area contributed by atoms with Crippen molar-refractivity contribution < 1.29 is 9.53 Å². The summed E-state index contributed by atoms with van der Waals surface area (Å²) in [4.78, 5) is 11.7. The van der Waals surface area contributed by atoms with Crippen LogP contribution in [-0.2, 0) is 11.2 Å². The quantitative estimate of drug-likeness (QED) is 0.776. The molecule has 1 saturated carbocycles. The number of hydrogen-bond acceptors (Lipinski definition) is 3. The Morgan fingerprint density at radius 3 is 3.06 bits per heavy atom. The van der Waals surface area contributed by atoms with Crippen LogP contribution in [0.25, 0.3) is 0 Å². The molecule has 86 valence electrons. The van der Waals surface area contributed by atoms with Crippen LogP contribution in [0.3, 0.4) is 0 Å². The number of aromatic nitrogens is 2. The van der Waals surface area contributed by atoms with Gasteiger partial charge in [-0.15, -0.1) is 0 Å². The van der Waals surface area contributed by atoms with Crippen LogP contribution in [0.4, 0.5) is 0 Å². The predicted molar refractivity (Wildman–Crippen MR) is 58.3 cm³/mol. The minimum Gasteiger partial charge on any atom is -0.461 e. The van der Waals surface area contributed by atoms with E-state index in [2.05, 4.69) is 17.1 Å². The van der Waals surface area contributed by atoms with Gasteiger partial charge in [0, 0.05) is 11.3 Å². The molecule has 1 aromatic rings. The van der Waals surface area contributed by atoms with Gasteiger partial charge in [0.25, 0.3) is 0 Å². The van der Waals surface area contributed by atoms with Gasteiger partial charge in [0.15, 0.2) is 5.69 Å². The molecule has 0 aromatic carbocycles. The molecule has 1 N–H and O–H groups in total. The minimum absolute atomic E-state index is 0.282. The maximum atomic E-state index is 11.7. The summed E-state index contributed by atoms with van der Waals surface area (Å²) in [6.45, 7) is 4.53. The van der Waals surface area contributed by atoms with E-state index in [4.69, 9.17) is 4.74 Å². The van der Waals surface area contributed by atoms with Crippen LogP contribution < -0.4 is 0 Å². The van der Waals surface area contributed by atoms with Gasteiger partial charge < -0.3 is 4.74 Å². The van der Waals surface area contributed by atoms with Crippen molar-refractivity contribution in [3.63, 3.8) is 0 Å². The molecule has 0 radical (unpaired) electrons. The van der Waals surface area contributed by atoms with Crippen molar-refractivity contribution in [1.82, 2.24) is 10.2 Å². The second-order valence-corrected chi connectivity index (χ2v) is 5.28. The first-order chi connectivity index (χ1) is 7.63. The van der Waals surface area contributed by atoms with Gasteiger partial charge in [0.05, 0.1) is 6.61 Å². The maximum Gasteiger partial charge on any atom is 0.359 e. The molecule has 4 nitrogen and oxygen atoms in total. The molecule has 1 aromatic heterocycles. The normalized spacial score (nSPS) is 30.5. The van der Waals surface area contributed by atoms with Gasteiger partial charge in [-0.2, -0.15) is 5.10 Å². The van der Waals surface area contributed by atoms with Crippen LogP contribution in [0.5, 0.6) is 0 Å². The minimum atomic E-state index is -0.282. The van der Waals surface area contributed by atoms with E-state index in [0.717, 1.165) is 17.7 Å². The van der Waals surface area contributed by atoms with E-state index in [1.165, 1.54) is 12.8 Å². The first-order valence-corrected chi connectivity index (χ1v) is 5.87. The van der Waals surface area contributed by atoms with Crippen molar-refractivity contribution >= 4 is 5.97 Å². The molecule has 0 aliphatic heterocycles. The Morgan fingerprint density at radius 2 is 2.38 bits per heavy atom. The summed E-state index contributed by atoms with van der Waals surface area (Å²) in [7, 11) is 0. The van der Waals surface area contributed by atoms with Crippen LogP contribution in [-0.4, -0.2) is 22.8 Å². The number of aromatic amines is 1. The predicted octanol–water partition coefficient (Wildman–Crippen LogP) is 2.03. The van der Waals surface area contributed by atoms with Gasteiger partial charge in [-0.1, -0.05) is 6.92 Å². The number of hydrogen-bond donors (Lipinski definition) is 1. The SMILES string of the molecule is CCOC(=O)c1n[nH]c2c1C1CC(C)(C2)C1. The molecule has 0 atom stereocenters. The zero-order valence-electron chi connectivity index (χ0n) is 9.67. The number of esters is 1.